The fourth-order valence-electron chi connectivity index (χ4n) is 2.49. The number of aliphatic hydroxyl groups excluding tert-OH is 1. The van der Waals surface area contributed by atoms with Crippen LogP contribution in [0.25, 0.3) is 0 Å². The van der Waals surface area contributed by atoms with E-state index in [1.807, 2.05) is 6.07 Å². The normalized spacial score (nSPS) is 12.4. The molecule has 2 heteroatoms. The number of benzene rings is 1. The Kier molecular flexibility index (Phi) is 8.31. The average Bonchev–Trinajstić information content (AvgIpc) is 2.45. The van der Waals surface area contributed by atoms with E-state index >= 15 is 0 Å². The maximum atomic E-state index is 8.81. The van der Waals surface area contributed by atoms with E-state index < -0.39 is 0 Å². The lowest BCUT2D eigenvalue weighted by Gasteiger charge is -2.17. The van der Waals surface area contributed by atoms with Crippen molar-refractivity contribution in [1.29, 1.82) is 0 Å². The van der Waals surface area contributed by atoms with E-state index in [4.69, 9.17) is 9.84 Å². The molecule has 2 nitrogen and oxygen atoms in total. The molecule has 1 atom stereocenters. The Morgan fingerprint density at radius 3 is 2.63 bits per heavy atom. The van der Waals surface area contributed by atoms with Crippen LogP contribution in [-0.2, 0) is 0 Å². The molecule has 0 fully saturated rings. The Morgan fingerprint density at radius 2 is 1.95 bits per heavy atom. The Hall–Kier alpha value is -1.02. The molecular formula is C17H28O2. The van der Waals surface area contributed by atoms with Crippen LogP contribution < -0.4 is 4.74 Å². The summed E-state index contributed by atoms with van der Waals surface area (Å²) < 4.78 is 5.50. The smallest absolute Gasteiger partial charge is 0.119 e. The molecular weight excluding hydrogens is 236 g/mol. The van der Waals surface area contributed by atoms with Crippen LogP contribution in [-0.4, -0.2) is 18.3 Å². The number of ether oxygens (including phenoxy) is 1. The van der Waals surface area contributed by atoms with Gasteiger partial charge in [0.15, 0.2) is 0 Å². The maximum Gasteiger partial charge on any atom is 0.119 e. The summed E-state index contributed by atoms with van der Waals surface area (Å²) in [6.07, 6.45) is 7.64. The lowest BCUT2D eigenvalue weighted by atomic mass is 9.89. The van der Waals surface area contributed by atoms with Crippen LogP contribution in [0.3, 0.4) is 0 Å². The van der Waals surface area contributed by atoms with Crippen molar-refractivity contribution in [2.75, 3.05) is 13.2 Å². The van der Waals surface area contributed by atoms with E-state index in [-0.39, 0.29) is 6.61 Å². The van der Waals surface area contributed by atoms with Gasteiger partial charge in [0.25, 0.3) is 0 Å². The lowest BCUT2D eigenvalue weighted by molar-refractivity contribution is 0.201. The zero-order valence-electron chi connectivity index (χ0n) is 12.4. The molecule has 0 spiro atoms. The van der Waals surface area contributed by atoms with Gasteiger partial charge in [0, 0.05) is 0 Å². The highest BCUT2D eigenvalue weighted by Crippen LogP contribution is 2.29. The highest BCUT2D eigenvalue weighted by atomic mass is 16.5. The number of unbranched alkanes of at least 4 members (excludes halogenated alkanes) is 2. The zero-order valence-corrected chi connectivity index (χ0v) is 12.4. The molecule has 0 amide bonds. The van der Waals surface area contributed by atoms with Gasteiger partial charge in [0.05, 0.1) is 6.61 Å². The first-order valence-electron chi connectivity index (χ1n) is 7.65. The molecule has 0 bridgehead atoms. The summed E-state index contributed by atoms with van der Waals surface area (Å²) in [5, 5.41) is 8.81. The zero-order chi connectivity index (χ0) is 13.9. The molecule has 1 unspecified atom stereocenters. The highest BCUT2D eigenvalue weighted by molar-refractivity contribution is 5.30. The highest BCUT2D eigenvalue weighted by Gasteiger charge is 2.11. The maximum absolute atomic E-state index is 8.81. The van der Waals surface area contributed by atoms with E-state index in [0.717, 1.165) is 5.75 Å². The van der Waals surface area contributed by atoms with Gasteiger partial charge in [-0.1, -0.05) is 51.7 Å². The minimum Gasteiger partial charge on any atom is -0.491 e. The summed E-state index contributed by atoms with van der Waals surface area (Å²) in [5.74, 6) is 1.53. The monoisotopic (exact) mass is 264 g/mol. The van der Waals surface area contributed by atoms with Crippen LogP contribution in [0.4, 0.5) is 0 Å². The average molecular weight is 264 g/mol. The van der Waals surface area contributed by atoms with Gasteiger partial charge < -0.3 is 9.84 Å². The van der Waals surface area contributed by atoms with Gasteiger partial charge in [-0.25, -0.2) is 0 Å². The second-order valence-electron chi connectivity index (χ2n) is 5.13. The Balaban J connectivity index is 2.65. The molecule has 1 rings (SSSR count). The van der Waals surface area contributed by atoms with E-state index in [1.165, 1.54) is 44.1 Å². The summed E-state index contributed by atoms with van der Waals surface area (Å²) in [4.78, 5) is 0. The van der Waals surface area contributed by atoms with Crippen molar-refractivity contribution >= 4 is 0 Å². The van der Waals surface area contributed by atoms with Crippen molar-refractivity contribution in [3.63, 3.8) is 0 Å². The van der Waals surface area contributed by atoms with Crippen LogP contribution in [0, 0.1) is 0 Å². The molecule has 0 saturated carbocycles. The van der Waals surface area contributed by atoms with Gasteiger partial charge >= 0.3 is 0 Å². The molecule has 0 aliphatic carbocycles. The van der Waals surface area contributed by atoms with Crippen molar-refractivity contribution in [3.05, 3.63) is 29.8 Å². The summed E-state index contributed by atoms with van der Waals surface area (Å²) in [7, 11) is 0. The third-order valence-corrected chi connectivity index (χ3v) is 3.48. The largest absolute Gasteiger partial charge is 0.491 e. The number of aliphatic hydroxyl groups is 1. The molecule has 108 valence electrons. The van der Waals surface area contributed by atoms with Crippen LogP contribution in [0.5, 0.6) is 5.75 Å². The second kappa shape index (κ2) is 9.85. The fraction of sp³-hybridized carbons (Fsp3) is 0.647. The number of rotatable bonds is 10. The van der Waals surface area contributed by atoms with Crippen molar-refractivity contribution in [2.24, 2.45) is 0 Å². The van der Waals surface area contributed by atoms with Gasteiger partial charge in [-0.2, -0.15) is 0 Å². The van der Waals surface area contributed by atoms with Crippen LogP contribution in [0.15, 0.2) is 24.3 Å². The van der Waals surface area contributed by atoms with Gasteiger partial charge in [-0.15, -0.1) is 0 Å². The van der Waals surface area contributed by atoms with Crippen molar-refractivity contribution in [2.45, 2.75) is 58.3 Å². The van der Waals surface area contributed by atoms with E-state index in [1.54, 1.807) is 0 Å². The molecule has 1 aromatic carbocycles. The summed E-state index contributed by atoms with van der Waals surface area (Å²) in [6, 6.07) is 8.37. The third-order valence-electron chi connectivity index (χ3n) is 3.48. The molecule has 0 heterocycles. The molecule has 19 heavy (non-hydrogen) atoms. The van der Waals surface area contributed by atoms with Gasteiger partial charge in [-0.05, 0) is 36.5 Å². The predicted molar refractivity (Wildman–Crippen MR) is 80.8 cm³/mol. The lowest BCUT2D eigenvalue weighted by Crippen LogP contribution is -2.03. The van der Waals surface area contributed by atoms with Crippen LogP contribution in [0.2, 0.25) is 0 Å². The van der Waals surface area contributed by atoms with Crippen LogP contribution in [0.1, 0.15) is 63.9 Å². The van der Waals surface area contributed by atoms with E-state index in [0.29, 0.717) is 12.5 Å². The van der Waals surface area contributed by atoms with Gasteiger partial charge in [-0.3, -0.25) is 0 Å². The van der Waals surface area contributed by atoms with Crippen molar-refractivity contribution in [3.8, 4) is 5.75 Å². The SMILES string of the molecule is CCCCCC(CCC)c1cccc(OCCO)c1. The van der Waals surface area contributed by atoms with Crippen molar-refractivity contribution in [1.82, 2.24) is 0 Å². The Morgan fingerprint density at radius 1 is 1.11 bits per heavy atom. The van der Waals surface area contributed by atoms with Crippen molar-refractivity contribution < 1.29 is 9.84 Å². The minimum atomic E-state index is 0.0686. The molecule has 1 N–H and O–H groups in total. The Labute approximate surface area is 117 Å². The predicted octanol–water partition coefficient (Wildman–Crippen LogP) is 4.52. The molecule has 0 saturated heterocycles. The van der Waals surface area contributed by atoms with Gasteiger partial charge in [0.2, 0.25) is 0 Å². The first kappa shape index (κ1) is 16.0. The first-order chi connectivity index (χ1) is 9.31. The molecule has 0 aromatic heterocycles. The van der Waals surface area contributed by atoms with E-state index in [9.17, 15) is 0 Å². The quantitative estimate of drug-likeness (QED) is 0.629. The molecule has 0 radical (unpaired) electrons. The summed E-state index contributed by atoms with van der Waals surface area (Å²) in [5.41, 5.74) is 1.38. The summed E-state index contributed by atoms with van der Waals surface area (Å²) >= 11 is 0. The third kappa shape index (κ3) is 6.11. The van der Waals surface area contributed by atoms with Crippen LogP contribution >= 0.6 is 0 Å². The molecule has 0 aliphatic heterocycles. The fourth-order valence-corrected chi connectivity index (χ4v) is 2.49. The number of hydrogen-bond donors (Lipinski definition) is 1. The van der Waals surface area contributed by atoms with E-state index in [2.05, 4.69) is 32.0 Å². The second-order valence-corrected chi connectivity index (χ2v) is 5.13. The summed E-state index contributed by atoms with van der Waals surface area (Å²) in [6.45, 7) is 4.94. The topological polar surface area (TPSA) is 29.5 Å². The van der Waals surface area contributed by atoms with Gasteiger partial charge in [0.1, 0.15) is 12.4 Å². The minimum absolute atomic E-state index is 0.0686. The Bertz CT molecular complexity index is 336. The standard InChI is InChI=1S/C17H28O2/c1-3-5-6-9-15(8-4-2)16-10-7-11-17(14-16)19-13-12-18/h7,10-11,14-15,18H,3-6,8-9,12-13H2,1-2H3. The number of hydrogen-bond acceptors (Lipinski definition) is 2. The molecule has 1 aromatic rings. The first-order valence-corrected chi connectivity index (χ1v) is 7.65. The molecule has 0 aliphatic rings.